The van der Waals surface area contributed by atoms with Crippen LogP contribution in [0.3, 0.4) is 0 Å². The van der Waals surface area contributed by atoms with E-state index in [1.807, 2.05) is 0 Å². The van der Waals surface area contributed by atoms with Crippen LogP contribution in [0.2, 0.25) is 0 Å². The number of hydrogen-bond donors (Lipinski definition) is 1. The first-order valence-corrected chi connectivity index (χ1v) is 7.09. The number of piperidine rings is 1. The lowest BCUT2D eigenvalue weighted by molar-refractivity contribution is 0.0260. The molecule has 1 atom stereocenters. The molecule has 0 unspecified atom stereocenters. The second-order valence-corrected chi connectivity index (χ2v) is 5.45. The number of rotatable bonds is 3. The Morgan fingerprint density at radius 2 is 2.29 bits per heavy atom. The number of benzene rings is 1. The summed E-state index contributed by atoms with van der Waals surface area (Å²) < 4.78 is 7.33. The van der Waals surface area contributed by atoms with Crippen molar-refractivity contribution in [3.63, 3.8) is 0 Å². The van der Waals surface area contributed by atoms with E-state index >= 15 is 0 Å². The molecule has 1 N–H and O–H groups in total. The van der Waals surface area contributed by atoms with Gasteiger partial charge in [-0.1, -0.05) is 18.2 Å². The van der Waals surface area contributed by atoms with Gasteiger partial charge in [0.1, 0.15) is 0 Å². The molecule has 1 aliphatic rings. The third-order valence-electron chi connectivity index (χ3n) is 3.29. The Hall–Kier alpha value is -0.900. The molecule has 1 aliphatic heterocycles. The zero-order valence-electron chi connectivity index (χ0n) is 9.82. The summed E-state index contributed by atoms with van der Waals surface area (Å²) >= 11 is 1.80. The molecule has 0 spiro atoms. The average molecular weight is 247 g/mol. The van der Waals surface area contributed by atoms with Gasteiger partial charge in [0, 0.05) is 11.2 Å². The molecule has 0 aliphatic carbocycles. The highest BCUT2D eigenvalue weighted by Gasteiger charge is 2.13. The fraction of sp³-hybridized carbons (Fsp3) is 0.429. The van der Waals surface area contributed by atoms with Gasteiger partial charge in [-0.3, -0.25) is 0 Å². The zero-order chi connectivity index (χ0) is 11.5. The molecule has 2 heterocycles. The van der Waals surface area contributed by atoms with E-state index in [9.17, 15) is 0 Å². The summed E-state index contributed by atoms with van der Waals surface area (Å²) in [6, 6.07) is 8.55. The van der Waals surface area contributed by atoms with Crippen LogP contribution in [0.15, 0.2) is 29.6 Å². The summed E-state index contributed by atoms with van der Waals surface area (Å²) in [5.41, 5.74) is 1.33. The second-order valence-electron chi connectivity index (χ2n) is 4.54. The lowest BCUT2D eigenvalue weighted by Crippen LogP contribution is -2.35. The molecule has 1 saturated heterocycles. The first kappa shape index (κ1) is 11.2. The highest BCUT2D eigenvalue weighted by molar-refractivity contribution is 7.17. The molecule has 1 fully saturated rings. The molecule has 3 rings (SSSR count). The van der Waals surface area contributed by atoms with Crippen molar-refractivity contribution in [3.8, 4) is 0 Å². The van der Waals surface area contributed by atoms with Crippen molar-refractivity contribution in [2.24, 2.45) is 0 Å². The molecule has 90 valence electrons. The van der Waals surface area contributed by atoms with Gasteiger partial charge in [0.25, 0.3) is 0 Å². The summed E-state index contributed by atoms with van der Waals surface area (Å²) in [6.07, 6.45) is 2.81. The number of ether oxygens (including phenoxy) is 1. The van der Waals surface area contributed by atoms with E-state index in [0.29, 0.717) is 6.10 Å². The Bertz CT molecular complexity index is 488. The maximum absolute atomic E-state index is 5.98. The van der Waals surface area contributed by atoms with Crippen molar-refractivity contribution in [3.05, 3.63) is 35.2 Å². The van der Waals surface area contributed by atoms with Gasteiger partial charge < -0.3 is 10.1 Å². The summed E-state index contributed by atoms with van der Waals surface area (Å²) in [7, 11) is 0. The van der Waals surface area contributed by atoms with Gasteiger partial charge >= 0.3 is 0 Å². The molecular weight excluding hydrogens is 230 g/mol. The van der Waals surface area contributed by atoms with E-state index in [2.05, 4.69) is 35.0 Å². The van der Waals surface area contributed by atoms with Gasteiger partial charge in [-0.25, -0.2) is 0 Å². The standard InChI is InChI=1S/C14H17NOS/c1-2-6-14-13(5-1)11(10-17-14)9-16-12-4-3-7-15-8-12/h1-2,5-6,10,12,15H,3-4,7-9H2/t12-/m0/s1. The number of thiophene rings is 1. The Kier molecular flexibility index (Phi) is 3.41. The van der Waals surface area contributed by atoms with Crippen LogP contribution in [-0.4, -0.2) is 19.2 Å². The zero-order valence-corrected chi connectivity index (χ0v) is 10.6. The van der Waals surface area contributed by atoms with E-state index in [-0.39, 0.29) is 0 Å². The van der Waals surface area contributed by atoms with Gasteiger partial charge in [0.05, 0.1) is 12.7 Å². The SMILES string of the molecule is c1ccc2c(CO[C@H]3CCCNC3)csc2c1. The first-order chi connectivity index (χ1) is 8.43. The van der Waals surface area contributed by atoms with Gasteiger partial charge in [-0.15, -0.1) is 11.3 Å². The third-order valence-corrected chi connectivity index (χ3v) is 4.30. The predicted molar refractivity (Wildman–Crippen MR) is 72.5 cm³/mol. The molecule has 0 saturated carbocycles. The van der Waals surface area contributed by atoms with E-state index < -0.39 is 0 Å². The van der Waals surface area contributed by atoms with Crippen molar-refractivity contribution >= 4 is 21.4 Å². The topological polar surface area (TPSA) is 21.3 Å². The minimum Gasteiger partial charge on any atom is -0.372 e. The molecule has 1 aromatic heterocycles. The summed E-state index contributed by atoms with van der Waals surface area (Å²) in [5.74, 6) is 0. The minimum atomic E-state index is 0.391. The number of fused-ring (bicyclic) bond motifs is 1. The monoisotopic (exact) mass is 247 g/mol. The molecule has 3 heteroatoms. The second kappa shape index (κ2) is 5.17. The summed E-state index contributed by atoms with van der Waals surface area (Å²) in [4.78, 5) is 0. The van der Waals surface area contributed by atoms with Crippen molar-refractivity contribution < 1.29 is 4.74 Å². The quantitative estimate of drug-likeness (QED) is 0.899. The lowest BCUT2D eigenvalue weighted by Gasteiger charge is -2.22. The highest BCUT2D eigenvalue weighted by atomic mass is 32.1. The van der Waals surface area contributed by atoms with Crippen LogP contribution < -0.4 is 5.32 Å². The van der Waals surface area contributed by atoms with Crippen LogP contribution in [0, 0.1) is 0 Å². The summed E-state index contributed by atoms with van der Waals surface area (Å²) in [6.45, 7) is 2.89. The van der Waals surface area contributed by atoms with E-state index in [0.717, 1.165) is 19.7 Å². The molecule has 0 bridgehead atoms. The van der Waals surface area contributed by atoms with Gasteiger partial charge in [-0.2, -0.15) is 0 Å². The van der Waals surface area contributed by atoms with Gasteiger partial charge in [0.2, 0.25) is 0 Å². The smallest absolute Gasteiger partial charge is 0.0735 e. The fourth-order valence-electron chi connectivity index (χ4n) is 2.31. The van der Waals surface area contributed by atoms with Crippen molar-refractivity contribution in [1.82, 2.24) is 5.32 Å². The lowest BCUT2D eigenvalue weighted by atomic mass is 10.1. The van der Waals surface area contributed by atoms with E-state index in [1.54, 1.807) is 11.3 Å². The molecule has 1 aromatic carbocycles. The van der Waals surface area contributed by atoms with Crippen molar-refractivity contribution in [2.75, 3.05) is 13.1 Å². The minimum absolute atomic E-state index is 0.391. The third kappa shape index (κ3) is 2.51. The van der Waals surface area contributed by atoms with Crippen LogP contribution in [0.5, 0.6) is 0 Å². The van der Waals surface area contributed by atoms with Gasteiger partial charge in [0.15, 0.2) is 0 Å². The molecule has 0 amide bonds. The Morgan fingerprint density at radius 1 is 1.35 bits per heavy atom. The molecule has 0 radical (unpaired) electrons. The largest absolute Gasteiger partial charge is 0.372 e. The van der Waals surface area contributed by atoms with Crippen molar-refractivity contribution in [2.45, 2.75) is 25.6 Å². The molecule has 2 nitrogen and oxygen atoms in total. The molecule has 2 aromatic rings. The maximum Gasteiger partial charge on any atom is 0.0735 e. The van der Waals surface area contributed by atoms with Crippen LogP contribution in [0.25, 0.3) is 10.1 Å². The summed E-state index contributed by atoms with van der Waals surface area (Å²) in [5, 5.41) is 6.95. The van der Waals surface area contributed by atoms with E-state index in [1.165, 1.54) is 28.5 Å². The Balaban J connectivity index is 1.68. The van der Waals surface area contributed by atoms with Crippen LogP contribution >= 0.6 is 11.3 Å². The molecule has 17 heavy (non-hydrogen) atoms. The maximum atomic E-state index is 5.98. The van der Waals surface area contributed by atoms with E-state index in [4.69, 9.17) is 4.74 Å². The Labute approximate surface area is 106 Å². The van der Waals surface area contributed by atoms with Gasteiger partial charge in [-0.05, 0) is 41.8 Å². The molecular formula is C14H17NOS. The number of hydrogen-bond acceptors (Lipinski definition) is 3. The highest BCUT2D eigenvalue weighted by Crippen LogP contribution is 2.26. The fourth-order valence-corrected chi connectivity index (χ4v) is 3.26. The Morgan fingerprint density at radius 3 is 3.18 bits per heavy atom. The van der Waals surface area contributed by atoms with Crippen LogP contribution in [-0.2, 0) is 11.3 Å². The van der Waals surface area contributed by atoms with Crippen LogP contribution in [0.1, 0.15) is 18.4 Å². The van der Waals surface area contributed by atoms with Crippen LogP contribution in [0.4, 0.5) is 0 Å². The average Bonchev–Trinajstić information content (AvgIpc) is 2.81. The predicted octanol–water partition coefficient (Wildman–Crippen LogP) is 3.17. The number of nitrogens with one attached hydrogen (secondary N) is 1. The first-order valence-electron chi connectivity index (χ1n) is 6.21. The normalized spacial score (nSPS) is 20.8. The van der Waals surface area contributed by atoms with Crippen molar-refractivity contribution in [1.29, 1.82) is 0 Å².